The second kappa shape index (κ2) is 15.3. The van der Waals surface area contributed by atoms with Crippen molar-refractivity contribution in [2.75, 3.05) is 45.9 Å². The van der Waals surface area contributed by atoms with E-state index in [2.05, 4.69) is 68.3 Å². The molecule has 9 nitrogen and oxygen atoms in total. The van der Waals surface area contributed by atoms with E-state index in [1.807, 2.05) is 31.5 Å². The third-order valence-corrected chi connectivity index (χ3v) is 9.18. The van der Waals surface area contributed by atoms with Gasteiger partial charge in [-0.3, -0.25) is 4.90 Å². The number of esters is 1. The highest BCUT2D eigenvalue weighted by atomic mass is 16.5. The Bertz CT molecular complexity index is 1350. The maximum absolute atomic E-state index is 11.7. The number of carbonyl (C=O) groups is 1. The Labute approximate surface area is 269 Å². The number of hydrogen-bond acceptors (Lipinski definition) is 7. The predicted molar refractivity (Wildman–Crippen MR) is 179 cm³/mol. The predicted octanol–water partition coefficient (Wildman–Crippen LogP) is 5.61. The topological polar surface area (TPSA) is 82.5 Å². The molecule has 5 rings (SSSR count). The fraction of sp³-hybridized carbons (Fsp3) is 0.583. The summed E-state index contributed by atoms with van der Waals surface area (Å²) in [6, 6.07) is 8.30. The molecule has 0 atom stereocenters. The van der Waals surface area contributed by atoms with Crippen LogP contribution in [0.2, 0.25) is 0 Å². The quantitative estimate of drug-likeness (QED) is 0.187. The Morgan fingerprint density at radius 3 is 2.44 bits per heavy atom. The van der Waals surface area contributed by atoms with Crippen molar-refractivity contribution < 1.29 is 9.53 Å². The van der Waals surface area contributed by atoms with E-state index in [0.717, 1.165) is 49.8 Å². The van der Waals surface area contributed by atoms with Crippen LogP contribution in [0.3, 0.4) is 0 Å². The zero-order valence-corrected chi connectivity index (χ0v) is 27.9. The van der Waals surface area contributed by atoms with Gasteiger partial charge in [0.1, 0.15) is 11.6 Å². The van der Waals surface area contributed by atoms with Crippen LogP contribution >= 0.6 is 0 Å². The summed E-state index contributed by atoms with van der Waals surface area (Å²) < 4.78 is 7.31. The maximum Gasteiger partial charge on any atom is 0.330 e. The van der Waals surface area contributed by atoms with Crippen LogP contribution in [0.5, 0.6) is 0 Å². The van der Waals surface area contributed by atoms with Crippen molar-refractivity contribution in [3.05, 3.63) is 77.9 Å². The smallest absolute Gasteiger partial charge is 0.330 e. The molecule has 2 aliphatic heterocycles. The standard InChI is InChI=1S/C36H53N7O2/c1-5-45-34(44)12-11-30-7-9-31(10-8-30)25-42(26-32-37-16-17-38-32)27-33-39-18-24-43(33)20-6-19-40-21-13-36(29-40)14-22-41(23-15-36)28-35(2,3)4/h7-12,16-18,24H,5-6,13-15,19-23,25-29H2,1-4H3,(H,37,38). The highest BCUT2D eigenvalue weighted by Crippen LogP contribution is 2.40. The third-order valence-electron chi connectivity index (χ3n) is 9.18. The number of aryl methyl sites for hydroxylation is 1. The Balaban J connectivity index is 1.12. The second-order valence-electron chi connectivity index (χ2n) is 14.3. The van der Waals surface area contributed by atoms with Crippen LogP contribution in [0.15, 0.2) is 55.1 Å². The highest BCUT2D eigenvalue weighted by molar-refractivity contribution is 5.87. The average molecular weight is 616 g/mol. The van der Waals surface area contributed by atoms with Crippen LogP contribution < -0.4 is 0 Å². The first kappa shape index (κ1) is 33.1. The van der Waals surface area contributed by atoms with Gasteiger partial charge in [-0.25, -0.2) is 14.8 Å². The lowest BCUT2D eigenvalue weighted by molar-refractivity contribution is -0.137. The van der Waals surface area contributed by atoms with Crippen molar-refractivity contribution in [2.24, 2.45) is 10.8 Å². The van der Waals surface area contributed by atoms with E-state index in [1.165, 1.54) is 63.6 Å². The molecule has 2 fully saturated rings. The van der Waals surface area contributed by atoms with E-state index in [1.54, 1.807) is 12.3 Å². The zero-order valence-electron chi connectivity index (χ0n) is 27.9. The highest BCUT2D eigenvalue weighted by Gasteiger charge is 2.40. The van der Waals surface area contributed by atoms with E-state index >= 15 is 0 Å². The number of ether oxygens (including phenoxy) is 1. The Kier molecular flexibility index (Phi) is 11.3. The first-order valence-electron chi connectivity index (χ1n) is 16.8. The van der Waals surface area contributed by atoms with Crippen molar-refractivity contribution >= 4 is 12.0 Å². The maximum atomic E-state index is 11.7. The van der Waals surface area contributed by atoms with E-state index in [0.29, 0.717) is 24.0 Å². The van der Waals surface area contributed by atoms with Gasteiger partial charge in [-0.2, -0.15) is 0 Å². The summed E-state index contributed by atoms with van der Waals surface area (Å²) in [7, 11) is 0. The summed E-state index contributed by atoms with van der Waals surface area (Å²) in [4.78, 5) is 31.9. The van der Waals surface area contributed by atoms with Gasteiger partial charge in [-0.1, -0.05) is 45.0 Å². The first-order valence-corrected chi connectivity index (χ1v) is 16.8. The number of aromatic nitrogens is 4. The van der Waals surface area contributed by atoms with Crippen molar-refractivity contribution in [3.8, 4) is 0 Å². The molecule has 1 spiro atoms. The van der Waals surface area contributed by atoms with E-state index in [-0.39, 0.29) is 5.97 Å². The molecule has 244 valence electrons. The molecule has 4 heterocycles. The van der Waals surface area contributed by atoms with Crippen molar-refractivity contribution in [1.82, 2.24) is 34.2 Å². The molecular weight excluding hydrogens is 562 g/mol. The van der Waals surface area contributed by atoms with Crippen LogP contribution in [0.1, 0.15) is 76.2 Å². The zero-order chi connectivity index (χ0) is 31.7. The van der Waals surface area contributed by atoms with Gasteiger partial charge in [0.25, 0.3) is 0 Å². The minimum atomic E-state index is -0.321. The molecule has 0 bridgehead atoms. The number of imidazole rings is 2. The van der Waals surface area contributed by atoms with Crippen molar-refractivity contribution in [2.45, 2.75) is 79.6 Å². The summed E-state index contributed by atoms with van der Waals surface area (Å²) in [5.41, 5.74) is 3.08. The minimum Gasteiger partial charge on any atom is -0.463 e. The van der Waals surface area contributed by atoms with Crippen LogP contribution in [-0.4, -0.2) is 86.1 Å². The molecule has 1 aromatic carbocycles. The van der Waals surface area contributed by atoms with Crippen molar-refractivity contribution in [1.29, 1.82) is 0 Å². The number of likely N-dealkylation sites (tertiary alicyclic amines) is 2. The van der Waals surface area contributed by atoms with E-state index in [9.17, 15) is 4.79 Å². The van der Waals surface area contributed by atoms with Gasteiger partial charge >= 0.3 is 5.97 Å². The molecule has 0 unspecified atom stereocenters. The van der Waals surface area contributed by atoms with Gasteiger partial charge in [0.15, 0.2) is 0 Å². The number of hydrogen-bond donors (Lipinski definition) is 1. The summed E-state index contributed by atoms with van der Waals surface area (Å²) in [6.07, 6.45) is 16.2. The number of rotatable bonds is 14. The van der Waals surface area contributed by atoms with Crippen LogP contribution in [0, 0.1) is 10.8 Å². The molecule has 45 heavy (non-hydrogen) atoms. The van der Waals surface area contributed by atoms with Crippen LogP contribution in [0.4, 0.5) is 0 Å². The molecule has 0 aliphatic carbocycles. The Hall–Kier alpha value is -3.27. The summed E-state index contributed by atoms with van der Waals surface area (Å²) in [5.74, 6) is 1.70. The van der Waals surface area contributed by atoms with E-state index < -0.39 is 0 Å². The van der Waals surface area contributed by atoms with Gasteiger partial charge in [0, 0.05) is 57.0 Å². The molecule has 2 saturated heterocycles. The van der Waals surface area contributed by atoms with Gasteiger partial charge in [0.05, 0.1) is 19.7 Å². The normalized spacial score (nSPS) is 17.6. The SMILES string of the molecule is CCOC(=O)C=Cc1ccc(CN(Cc2ncc[nH]2)Cc2nccn2CCCN2CCC3(CCN(CC(C)(C)C)CC3)C2)cc1. The van der Waals surface area contributed by atoms with Gasteiger partial charge in [-0.05, 0) is 86.8 Å². The fourth-order valence-electron chi connectivity index (χ4n) is 6.95. The molecule has 3 aromatic rings. The number of benzene rings is 1. The monoisotopic (exact) mass is 615 g/mol. The number of nitrogens with zero attached hydrogens (tertiary/aromatic N) is 6. The number of H-pyrrole nitrogens is 1. The van der Waals surface area contributed by atoms with E-state index in [4.69, 9.17) is 9.72 Å². The second-order valence-corrected chi connectivity index (χ2v) is 14.3. The van der Waals surface area contributed by atoms with Crippen LogP contribution in [0.25, 0.3) is 6.08 Å². The summed E-state index contributed by atoms with van der Waals surface area (Å²) in [5, 5.41) is 0. The number of nitrogens with one attached hydrogen (secondary N) is 1. The van der Waals surface area contributed by atoms with Gasteiger partial charge < -0.3 is 24.1 Å². The lowest BCUT2D eigenvalue weighted by Crippen LogP contribution is -2.44. The molecule has 2 aromatic heterocycles. The Morgan fingerprint density at radius 1 is 1.00 bits per heavy atom. The first-order chi connectivity index (χ1) is 21.7. The number of piperidine rings is 1. The molecule has 0 radical (unpaired) electrons. The van der Waals surface area contributed by atoms with Crippen LogP contribution in [-0.2, 0) is 35.7 Å². The summed E-state index contributed by atoms with van der Waals surface area (Å²) in [6.45, 7) is 19.8. The molecule has 2 aliphatic rings. The minimum absolute atomic E-state index is 0.321. The largest absolute Gasteiger partial charge is 0.463 e. The third kappa shape index (κ3) is 10.1. The Morgan fingerprint density at radius 2 is 1.76 bits per heavy atom. The molecule has 1 N–H and O–H groups in total. The van der Waals surface area contributed by atoms with Gasteiger partial charge in [-0.15, -0.1) is 0 Å². The fourth-order valence-corrected chi connectivity index (χ4v) is 6.95. The number of aromatic amines is 1. The van der Waals surface area contributed by atoms with Crippen molar-refractivity contribution in [3.63, 3.8) is 0 Å². The molecule has 0 saturated carbocycles. The van der Waals surface area contributed by atoms with Gasteiger partial charge in [0.2, 0.25) is 0 Å². The molecule has 9 heteroatoms. The average Bonchev–Trinajstić information content (AvgIpc) is 3.77. The number of carbonyl (C=O) groups excluding carboxylic acids is 1. The summed E-state index contributed by atoms with van der Waals surface area (Å²) >= 11 is 0. The lowest BCUT2D eigenvalue weighted by Gasteiger charge is -2.41. The lowest BCUT2D eigenvalue weighted by atomic mass is 9.77. The molecular formula is C36H53N7O2. The molecule has 0 amide bonds.